The number of halogens is 2. The lowest BCUT2D eigenvalue weighted by Crippen LogP contribution is -2.43. The Labute approximate surface area is 135 Å². The number of nitrogens with two attached hydrogens (primary N) is 1. The number of anilines is 1. The monoisotopic (exact) mass is 329 g/mol. The molecule has 1 unspecified atom stereocenters. The second-order valence-electron chi connectivity index (χ2n) is 5.60. The van der Waals surface area contributed by atoms with Crippen molar-refractivity contribution in [2.75, 3.05) is 25.4 Å². The molecule has 0 bridgehead atoms. The zero-order chi connectivity index (χ0) is 15.4. The number of rotatable bonds is 4. The molecule has 1 atom stereocenters. The summed E-state index contributed by atoms with van der Waals surface area (Å²) in [6.45, 7) is 5.09. The van der Waals surface area contributed by atoms with Gasteiger partial charge in [-0.3, -0.25) is 4.79 Å². The first-order chi connectivity index (χ1) is 9.97. The SMILES string of the molecule is CC(CN1CCCCC1)NC(=O)c1cc(N)c(Cl)c(Cl)c1. The van der Waals surface area contributed by atoms with Crippen LogP contribution in [0.2, 0.25) is 10.0 Å². The molecule has 0 spiro atoms. The summed E-state index contributed by atoms with van der Waals surface area (Å²) in [6.07, 6.45) is 3.79. The maximum Gasteiger partial charge on any atom is 0.251 e. The number of nitrogens with zero attached hydrogens (tertiary/aromatic N) is 1. The summed E-state index contributed by atoms with van der Waals surface area (Å²) in [5.41, 5.74) is 6.49. The molecule has 1 aromatic rings. The third-order valence-corrected chi connectivity index (χ3v) is 4.49. The molecule has 1 amide bonds. The van der Waals surface area contributed by atoms with Crippen LogP contribution >= 0.6 is 23.2 Å². The lowest BCUT2D eigenvalue weighted by molar-refractivity contribution is 0.0925. The van der Waals surface area contributed by atoms with Gasteiger partial charge in [-0.15, -0.1) is 0 Å². The molecule has 1 fully saturated rings. The van der Waals surface area contributed by atoms with Gasteiger partial charge in [0, 0.05) is 18.2 Å². The normalized spacial score (nSPS) is 17.5. The van der Waals surface area contributed by atoms with E-state index in [0.717, 1.165) is 19.6 Å². The summed E-state index contributed by atoms with van der Waals surface area (Å²) < 4.78 is 0. The molecule has 0 aliphatic carbocycles. The van der Waals surface area contributed by atoms with Crippen LogP contribution in [0.1, 0.15) is 36.5 Å². The van der Waals surface area contributed by atoms with Crippen LogP contribution < -0.4 is 11.1 Å². The van der Waals surface area contributed by atoms with E-state index < -0.39 is 0 Å². The fourth-order valence-corrected chi connectivity index (χ4v) is 2.96. The number of nitrogens with one attached hydrogen (secondary N) is 1. The molecular formula is C15H21Cl2N3O. The number of hydrogen-bond donors (Lipinski definition) is 2. The molecule has 1 aliphatic rings. The van der Waals surface area contributed by atoms with Crippen LogP contribution in [0.4, 0.5) is 5.69 Å². The van der Waals surface area contributed by atoms with Gasteiger partial charge in [0.25, 0.3) is 5.91 Å². The summed E-state index contributed by atoms with van der Waals surface area (Å²) in [4.78, 5) is 14.6. The molecule has 0 radical (unpaired) electrons. The predicted molar refractivity (Wildman–Crippen MR) is 88.1 cm³/mol. The van der Waals surface area contributed by atoms with Crippen molar-refractivity contribution in [3.63, 3.8) is 0 Å². The number of piperidine rings is 1. The van der Waals surface area contributed by atoms with Crippen molar-refractivity contribution in [2.24, 2.45) is 0 Å². The fourth-order valence-electron chi connectivity index (χ4n) is 2.62. The Morgan fingerprint density at radius 3 is 2.62 bits per heavy atom. The van der Waals surface area contributed by atoms with Gasteiger partial charge in [0.15, 0.2) is 0 Å². The zero-order valence-electron chi connectivity index (χ0n) is 12.2. The lowest BCUT2D eigenvalue weighted by Gasteiger charge is -2.29. The summed E-state index contributed by atoms with van der Waals surface area (Å²) in [6, 6.07) is 3.17. The van der Waals surface area contributed by atoms with Crippen LogP contribution in [0, 0.1) is 0 Å². The molecule has 1 saturated heterocycles. The van der Waals surface area contributed by atoms with Gasteiger partial charge in [-0.25, -0.2) is 0 Å². The van der Waals surface area contributed by atoms with E-state index in [4.69, 9.17) is 28.9 Å². The first kappa shape index (κ1) is 16.4. The van der Waals surface area contributed by atoms with Crippen molar-refractivity contribution in [1.82, 2.24) is 10.2 Å². The Kier molecular flexibility index (Phi) is 5.73. The number of likely N-dealkylation sites (tertiary alicyclic amines) is 1. The number of carbonyl (C=O) groups is 1. The molecule has 0 aromatic heterocycles. The van der Waals surface area contributed by atoms with E-state index in [9.17, 15) is 4.79 Å². The maximum absolute atomic E-state index is 12.2. The Morgan fingerprint density at radius 1 is 1.33 bits per heavy atom. The standard InChI is InChI=1S/C15H21Cl2N3O/c1-10(9-20-5-3-2-4-6-20)19-15(21)11-7-12(16)14(17)13(18)8-11/h7-8,10H,2-6,9,18H2,1H3,(H,19,21). The molecule has 3 N–H and O–H groups in total. The smallest absolute Gasteiger partial charge is 0.251 e. The minimum Gasteiger partial charge on any atom is -0.397 e. The Bertz CT molecular complexity index is 493. The highest BCUT2D eigenvalue weighted by Crippen LogP contribution is 2.29. The van der Waals surface area contributed by atoms with Gasteiger partial charge in [-0.2, -0.15) is 0 Å². The molecule has 0 saturated carbocycles. The minimum atomic E-state index is -0.176. The van der Waals surface area contributed by atoms with Crippen LogP contribution in [-0.2, 0) is 0 Å². The van der Waals surface area contributed by atoms with Crippen LogP contribution in [-0.4, -0.2) is 36.5 Å². The Morgan fingerprint density at radius 2 is 2.00 bits per heavy atom. The molecule has 21 heavy (non-hydrogen) atoms. The molecular weight excluding hydrogens is 309 g/mol. The second kappa shape index (κ2) is 7.34. The Hall–Kier alpha value is -0.970. The first-order valence-electron chi connectivity index (χ1n) is 7.25. The number of carbonyl (C=O) groups excluding carboxylic acids is 1. The molecule has 1 aliphatic heterocycles. The maximum atomic E-state index is 12.2. The summed E-state index contributed by atoms with van der Waals surface area (Å²) in [7, 11) is 0. The quantitative estimate of drug-likeness (QED) is 0.834. The van der Waals surface area contributed by atoms with Crippen LogP contribution in [0.15, 0.2) is 12.1 Å². The highest BCUT2D eigenvalue weighted by molar-refractivity contribution is 6.43. The third kappa shape index (κ3) is 4.50. The van der Waals surface area contributed by atoms with Crippen LogP contribution in [0.3, 0.4) is 0 Å². The highest BCUT2D eigenvalue weighted by atomic mass is 35.5. The molecule has 1 aromatic carbocycles. The van der Waals surface area contributed by atoms with Crippen molar-refractivity contribution >= 4 is 34.8 Å². The van der Waals surface area contributed by atoms with E-state index in [-0.39, 0.29) is 17.0 Å². The van der Waals surface area contributed by atoms with Crippen molar-refractivity contribution in [1.29, 1.82) is 0 Å². The van der Waals surface area contributed by atoms with Crippen LogP contribution in [0.25, 0.3) is 0 Å². The highest BCUT2D eigenvalue weighted by Gasteiger charge is 2.17. The van der Waals surface area contributed by atoms with E-state index in [1.165, 1.54) is 19.3 Å². The third-order valence-electron chi connectivity index (χ3n) is 3.68. The Balaban J connectivity index is 1.94. The summed E-state index contributed by atoms with van der Waals surface area (Å²) >= 11 is 11.8. The van der Waals surface area contributed by atoms with E-state index in [2.05, 4.69) is 10.2 Å². The van der Waals surface area contributed by atoms with Crippen molar-refractivity contribution in [3.8, 4) is 0 Å². The van der Waals surface area contributed by atoms with Crippen molar-refractivity contribution in [3.05, 3.63) is 27.7 Å². The van der Waals surface area contributed by atoms with Crippen LogP contribution in [0.5, 0.6) is 0 Å². The molecule has 4 nitrogen and oxygen atoms in total. The summed E-state index contributed by atoms with van der Waals surface area (Å²) in [5, 5.41) is 3.56. The largest absolute Gasteiger partial charge is 0.397 e. The number of benzene rings is 1. The van der Waals surface area contributed by atoms with E-state index in [1.54, 1.807) is 12.1 Å². The first-order valence-corrected chi connectivity index (χ1v) is 8.00. The van der Waals surface area contributed by atoms with Gasteiger partial charge in [-0.05, 0) is 45.0 Å². The van der Waals surface area contributed by atoms with Gasteiger partial charge >= 0.3 is 0 Å². The van der Waals surface area contributed by atoms with Gasteiger partial charge in [0.2, 0.25) is 0 Å². The second-order valence-corrected chi connectivity index (χ2v) is 6.38. The average molecular weight is 330 g/mol. The van der Waals surface area contributed by atoms with Gasteiger partial charge in [0.1, 0.15) is 0 Å². The van der Waals surface area contributed by atoms with E-state index in [0.29, 0.717) is 16.3 Å². The van der Waals surface area contributed by atoms with Gasteiger partial charge in [-0.1, -0.05) is 29.6 Å². The number of nitrogen functional groups attached to an aromatic ring is 1. The van der Waals surface area contributed by atoms with Crippen molar-refractivity contribution < 1.29 is 4.79 Å². The predicted octanol–water partition coefficient (Wildman–Crippen LogP) is 3.18. The number of hydrogen-bond acceptors (Lipinski definition) is 3. The zero-order valence-corrected chi connectivity index (χ0v) is 13.7. The lowest BCUT2D eigenvalue weighted by atomic mass is 10.1. The number of amides is 1. The molecule has 116 valence electrons. The fraction of sp³-hybridized carbons (Fsp3) is 0.533. The van der Waals surface area contributed by atoms with Gasteiger partial charge < -0.3 is 16.0 Å². The molecule has 1 heterocycles. The van der Waals surface area contributed by atoms with E-state index in [1.807, 2.05) is 6.92 Å². The minimum absolute atomic E-state index is 0.0753. The summed E-state index contributed by atoms with van der Waals surface area (Å²) in [5.74, 6) is -0.176. The van der Waals surface area contributed by atoms with E-state index >= 15 is 0 Å². The topological polar surface area (TPSA) is 58.4 Å². The average Bonchev–Trinajstić information content (AvgIpc) is 2.45. The van der Waals surface area contributed by atoms with Gasteiger partial charge in [0.05, 0.1) is 15.7 Å². The van der Waals surface area contributed by atoms with Crippen molar-refractivity contribution in [2.45, 2.75) is 32.2 Å². The molecule has 6 heteroatoms. The molecule has 2 rings (SSSR count).